The number of nitrogens with two attached hydrogens (primary N) is 2. The van der Waals surface area contributed by atoms with Crippen molar-refractivity contribution >= 4 is 53.5 Å². The molecule has 1 rings (SSSR count). The van der Waals surface area contributed by atoms with Crippen LogP contribution in [0.5, 0.6) is 0 Å². The van der Waals surface area contributed by atoms with Crippen LogP contribution in [0.3, 0.4) is 0 Å². The Hall–Kier alpha value is -0.640. The first-order valence-electron chi connectivity index (χ1n) is 5.76. The molecule has 0 unspecified atom stereocenters. The summed E-state index contributed by atoms with van der Waals surface area (Å²) in [6.45, 7) is 0.220. The first-order chi connectivity index (χ1) is 9.24. The molecule has 1 amide bonds. The van der Waals surface area contributed by atoms with Crippen molar-refractivity contribution in [3.05, 3.63) is 21.1 Å². The molecule has 0 saturated heterocycles. The third-order valence-corrected chi connectivity index (χ3v) is 5.37. The number of anilines is 1. The van der Waals surface area contributed by atoms with Crippen molar-refractivity contribution in [2.45, 2.75) is 24.2 Å². The van der Waals surface area contributed by atoms with E-state index in [2.05, 4.69) is 36.6 Å². The van der Waals surface area contributed by atoms with Crippen molar-refractivity contribution in [2.75, 3.05) is 12.3 Å². The second kappa shape index (κ2) is 7.39. The van der Waals surface area contributed by atoms with Gasteiger partial charge in [0.15, 0.2) is 0 Å². The van der Waals surface area contributed by atoms with Crippen molar-refractivity contribution in [3.63, 3.8) is 0 Å². The summed E-state index contributed by atoms with van der Waals surface area (Å²) in [5.74, 6) is -0.396. The molecular weight excluding hydrogens is 414 g/mol. The Morgan fingerprint density at radius 1 is 1.25 bits per heavy atom. The summed E-state index contributed by atoms with van der Waals surface area (Å²) in [6, 6.07) is 3.13. The van der Waals surface area contributed by atoms with Gasteiger partial charge in [0.25, 0.3) is 0 Å². The Morgan fingerprint density at radius 2 is 1.90 bits per heavy atom. The summed E-state index contributed by atoms with van der Waals surface area (Å²) < 4.78 is 27.8. The third-order valence-electron chi connectivity index (χ3n) is 2.45. The lowest BCUT2D eigenvalue weighted by atomic mass is 10.2. The van der Waals surface area contributed by atoms with Gasteiger partial charge in [-0.2, -0.15) is 0 Å². The normalized spacial score (nSPS) is 11.5. The van der Waals surface area contributed by atoms with Crippen LogP contribution in [0.2, 0.25) is 0 Å². The Labute approximate surface area is 134 Å². The molecule has 0 fully saturated rings. The van der Waals surface area contributed by atoms with Gasteiger partial charge in [-0.05, 0) is 40.9 Å². The number of unbranched alkanes of at least 4 members (excludes halogenated alkanes) is 1. The Morgan fingerprint density at radius 3 is 2.45 bits per heavy atom. The number of hydrogen-bond donors (Lipinski definition) is 3. The molecule has 0 heterocycles. The SMILES string of the molecule is NC(=O)CCCCNS(=O)(=O)c1c(N)cc(Br)cc1Br. The zero-order valence-electron chi connectivity index (χ0n) is 10.5. The minimum absolute atomic E-state index is 0.00982. The van der Waals surface area contributed by atoms with E-state index in [0.29, 0.717) is 21.8 Å². The summed E-state index contributed by atoms with van der Waals surface area (Å²) in [6.07, 6.45) is 1.30. The van der Waals surface area contributed by atoms with Crippen LogP contribution in [-0.4, -0.2) is 20.9 Å². The zero-order valence-corrected chi connectivity index (χ0v) is 14.5. The molecule has 9 heteroatoms. The van der Waals surface area contributed by atoms with Gasteiger partial charge in [-0.15, -0.1) is 0 Å². The van der Waals surface area contributed by atoms with Gasteiger partial charge in [0.05, 0.1) is 5.69 Å². The number of hydrogen-bond acceptors (Lipinski definition) is 4. The Balaban J connectivity index is 2.73. The summed E-state index contributed by atoms with van der Waals surface area (Å²) in [4.78, 5) is 10.6. The molecule has 0 aliphatic rings. The van der Waals surface area contributed by atoms with Gasteiger partial charge in [0.2, 0.25) is 15.9 Å². The molecular formula is C11H15Br2N3O3S. The van der Waals surface area contributed by atoms with Crippen LogP contribution in [0.4, 0.5) is 5.69 Å². The predicted molar refractivity (Wildman–Crippen MR) is 84.5 cm³/mol. The number of nitrogen functional groups attached to an aromatic ring is 1. The summed E-state index contributed by atoms with van der Waals surface area (Å²) in [5.41, 5.74) is 10.9. The van der Waals surface area contributed by atoms with Crippen LogP contribution in [0, 0.1) is 0 Å². The van der Waals surface area contributed by atoms with Crippen LogP contribution in [0.1, 0.15) is 19.3 Å². The zero-order chi connectivity index (χ0) is 15.3. The first kappa shape index (κ1) is 17.4. The van der Waals surface area contributed by atoms with Crippen molar-refractivity contribution in [1.29, 1.82) is 0 Å². The highest BCUT2D eigenvalue weighted by Gasteiger charge is 2.21. The van der Waals surface area contributed by atoms with Gasteiger partial charge in [-0.1, -0.05) is 15.9 Å². The highest BCUT2D eigenvalue weighted by Crippen LogP contribution is 2.31. The second-order valence-electron chi connectivity index (χ2n) is 4.13. The van der Waals surface area contributed by atoms with E-state index < -0.39 is 15.9 Å². The fourth-order valence-corrected chi connectivity index (χ4v) is 4.71. The Bertz CT molecular complexity index is 582. The largest absolute Gasteiger partial charge is 0.398 e. The molecule has 112 valence electrons. The van der Waals surface area contributed by atoms with E-state index in [1.165, 1.54) is 6.07 Å². The highest BCUT2D eigenvalue weighted by atomic mass is 79.9. The maximum Gasteiger partial charge on any atom is 0.243 e. The number of primary amides is 1. The monoisotopic (exact) mass is 427 g/mol. The van der Waals surface area contributed by atoms with E-state index in [1.807, 2.05) is 0 Å². The molecule has 6 nitrogen and oxygen atoms in total. The number of halogens is 2. The van der Waals surface area contributed by atoms with E-state index in [4.69, 9.17) is 11.5 Å². The number of rotatable bonds is 7. The number of benzene rings is 1. The molecule has 0 radical (unpaired) electrons. The average molecular weight is 429 g/mol. The molecule has 0 saturated carbocycles. The molecule has 0 aliphatic heterocycles. The van der Waals surface area contributed by atoms with Gasteiger partial charge in [-0.3, -0.25) is 4.79 Å². The van der Waals surface area contributed by atoms with E-state index in [0.717, 1.165) is 0 Å². The lowest BCUT2D eigenvalue weighted by molar-refractivity contribution is -0.118. The third kappa shape index (κ3) is 5.04. The van der Waals surface area contributed by atoms with Crippen LogP contribution in [0.15, 0.2) is 26.0 Å². The lowest BCUT2D eigenvalue weighted by Gasteiger charge is -2.11. The molecule has 0 atom stereocenters. The summed E-state index contributed by atoms with van der Waals surface area (Å²) >= 11 is 6.42. The average Bonchev–Trinajstić information content (AvgIpc) is 2.25. The van der Waals surface area contributed by atoms with E-state index in [-0.39, 0.29) is 23.5 Å². The minimum atomic E-state index is -3.70. The first-order valence-corrected chi connectivity index (χ1v) is 8.83. The van der Waals surface area contributed by atoms with E-state index in [1.54, 1.807) is 6.07 Å². The number of sulfonamides is 1. The van der Waals surface area contributed by atoms with Gasteiger partial charge < -0.3 is 11.5 Å². The molecule has 0 bridgehead atoms. The van der Waals surface area contributed by atoms with E-state index >= 15 is 0 Å². The Kier molecular flexibility index (Phi) is 6.44. The van der Waals surface area contributed by atoms with Gasteiger partial charge in [0.1, 0.15) is 4.90 Å². The number of carbonyl (C=O) groups excluding carboxylic acids is 1. The van der Waals surface area contributed by atoms with Crippen LogP contribution < -0.4 is 16.2 Å². The quantitative estimate of drug-likeness (QED) is 0.452. The van der Waals surface area contributed by atoms with Crippen LogP contribution >= 0.6 is 31.9 Å². The molecule has 0 aliphatic carbocycles. The van der Waals surface area contributed by atoms with E-state index in [9.17, 15) is 13.2 Å². The highest BCUT2D eigenvalue weighted by molar-refractivity contribution is 9.11. The molecule has 5 N–H and O–H groups in total. The van der Waals surface area contributed by atoms with Crippen molar-refractivity contribution in [1.82, 2.24) is 4.72 Å². The fourth-order valence-electron chi connectivity index (χ4n) is 1.57. The number of carbonyl (C=O) groups is 1. The minimum Gasteiger partial charge on any atom is -0.398 e. The topological polar surface area (TPSA) is 115 Å². The van der Waals surface area contributed by atoms with Gasteiger partial charge >= 0.3 is 0 Å². The molecule has 20 heavy (non-hydrogen) atoms. The molecule has 0 aromatic heterocycles. The standard InChI is InChI=1S/C11H15Br2N3O3S/c12-7-5-8(13)11(9(14)6-7)20(18,19)16-4-2-1-3-10(15)17/h5-6,16H,1-4,14H2,(H2,15,17). The van der Waals surface area contributed by atoms with Crippen LogP contribution in [0.25, 0.3) is 0 Å². The van der Waals surface area contributed by atoms with Crippen molar-refractivity contribution < 1.29 is 13.2 Å². The molecule has 1 aromatic carbocycles. The second-order valence-corrected chi connectivity index (χ2v) is 7.60. The summed E-state index contributed by atoms with van der Waals surface area (Å²) in [7, 11) is -3.70. The maximum absolute atomic E-state index is 12.2. The van der Waals surface area contributed by atoms with Crippen molar-refractivity contribution in [3.8, 4) is 0 Å². The lowest BCUT2D eigenvalue weighted by Crippen LogP contribution is -2.26. The molecule has 0 spiro atoms. The summed E-state index contributed by atoms with van der Waals surface area (Å²) in [5, 5.41) is 0. The van der Waals surface area contributed by atoms with Crippen molar-refractivity contribution in [2.24, 2.45) is 5.73 Å². The number of nitrogens with one attached hydrogen (secondary N) is 1. The fraction of sp³-hybridized carbons (Fsp3) is 0.364. The van der Waals surface area contributed by atoms with Gasteiger partial charge in [-0.25, -0.2) is 13.1 Å². The number of amides is 1. The smallest absolute Gasteiger partial charge is 0.243 e. The maximum atomic E-state index is 12.2. The molecule has 1 aromatic rings. The van der Waals surface area contributed by atoms with Crippen LogP contribution in [-0.2, 0) is 14.8 Å². The predicted octanol–water partition coefficient (Wildman–Crippen LogP) is 1.73. The van der Waals surface area contributed by atoms with Gasteiger partial charge in [0, 0.05) is 21.9 Å².